The largest absolute Gasteiger partial charge is 0.369 e. The molecular weight excluding hydrogens is 466 g/mol. The zero-order chi connectivity index (χ0) is 25.2. The highest BCUT2D eigenvalue weighted by atomic mass is 32.2. The van der Waals surface area contributed by atoms with E-state index in [1.807, 2.05) is 4.90 Å². The normalized spacial score (nSPS) is 23.6. The van der Waals surface area contributed by atoms with Crippen molar-refractivity contribution in [2.45, 2.75) is 38.0 Å². The minimum atomic E-state index is -3.60. The maximum absolute atomic E-state index is 13.1. The Morgan fingerprint density at radius 3 is 2.31 bits per heavy atom. The van der Waals surface area contributed by atoms with Gasteiger partial charge < -0.3 is 16.0 Å². The first-order valence-corrected chi connectivity index (χ1v) is 13.5. The van der Waals surface area contributed by atoms with E-state index in [2.05, 4.69) is 24.1 Å². The van der Waals surface area contributed by atoms with Gasteiger partial charge in [0.05, 0.1) is 22.7 Å². The summed E-state index contributed by atoms with van der Waals surface area (Å²) in [6.07, 6.45) is 4.25. The summed E-state index contributed by atoms with van der Waals surface area (Å²) >= 11 is 0. The van der Waals surface area contributed by atoms with Crippen LogP contribution in [0.5, 0.6) is 0 Å². The van der Waals surface area contributed by atoms with Crippen molar-refractivity contribution in [3.05, 3.63) is 48.2 Å². The number of carbonyl (C=O) groups is 2. The lowest BCUT2D eigenvalue weighted by Gasteiger charge is -2.34. The monoisotopic (exact) mass is 499 g/mol. The Morgan fingerprint density at radius 1 is 1.03 bits per heavy atom. The van der Waals surface area contributed by atoms with Crippen molar-refractivity contribution < 1.29 is 18.0 Å². The predicted molar refractivity (Wildman–Crippen MR) is 134 cm³/mol. The lowest BCUT2D eigenvalue weighted by atomic mass is 9.94. The van der Waals surface area contributed by atoms with Gasteiger partial charge in [-0.3, -0.25) is 9.59 Å². The quantitative estimate of drug-likeness (QED) is 0.629. The van der Waals surface area contributed by atoms with Crippen molar-refractivity contribution in [3.8, 4) is 0 Å². The number of nitrogens with one attached hydrogen (secondary N) is 1. The van der Waals surface area contributed by atoms with Crippen molar-refractivity contribution in [2.75, 3.05) is 36.4 Å². The molecule has 0 saturated carbocycles. The molecule has 188 valence electrons. The molecule has 2 aliphatic rings. The van der Waals surface area contributed by atoms with E-state index in [9.17, 15) is 18.0 Å². The Kier molecular flexibility index (Phi) is 7.42. The first-order valence-electron chi connectivity index (χ1n) is 12.1. The molecule has 2 fully saturated rings. The smallest absolute Gasteiger partial charge is 0.255 e. The minimum Gasteiger partial charge on any atom is -0.369 e. The lowest BCUT2D eigenvalue weighted by Crippen LogP contribution is -2.42. The summed E-state index contributed by atoms with van der Waals surface area (Å²) in [4.78, 5) is 30.9. The number of anilines is 2. The zero-order valence-electron chi connectivity index (χ0n) is 20.2. The van der Waals surface area contributed by atoms with E-state index in [-0.39, 0.29) is 22.6 Å². The maximum atomic E-state index is 13.1. The van der Waals surface area contributed by atoms with E-state index < -0.39 is 10.0 Å². The van der Waals surface area contributed by atoms with Gasteiger partial charge >= 0.3 is 0 Å². The van der Waals surface area contributed by atoms with Crippen molar-refractivity contribution in [3.63, 3.8) is 0 Å². The van der Waals surface area contributed by atoms with E-state index >= 15 is 0 Å². The average molecular weight is 500 g/mol. The number of amides is 2. The fraction of sp³-hybridized carbons (Fsp3) is 0.480. The van der Waals surface area contributed by atoms with Crippen LogP contribution in [0.1, 0.15) is 43.5 Å². The summed E-state index contributed by atoms with van der Waals surface area (Å²) in [6, 6.07) is 9.58. The Morgan fingerprint density at radius 2 is 1.71 bits per heavy atom. The molecule has 2 amide bonds. The van der Waals surface area contributed by atoms with Crippen LogP contribution in [0.25, 0.3) is 0 Å². The third kappa shape index (κ3) is 5.82. The number of hydrogen-bond acceptors (Lipinski definition) is 6. The number of piperidine rings is 2. The summed E-state index contributed by atoms with van der Waals surface area (Å²) in [5, 5.41) is 2.79. The Bertz CT molecular complexity index is 1160. The highest BCUT2D eigenvalue weighted by Gasteiger charge is 2.31. The number of pyridine rings is 1. The molecule has 2 aromatic rings. The second-order valence-electron chi connectivity index (χ2n) is 9.84. The summed E-state index contributed by atoms with van der Waals surface area (Å²) in [7, 11) is -3.60. The first-order chi connectivity index (χ1) is 16.6. The number of carbonyl (C=O) groups excluding carboxylic acids is 2. The molecule has 9 nitrogen and oxygen atoms in total. The molecular formula is C25H33N5O4S. The van der Waals surface area contributed by atoms with Crippen molar-refractivity contribution >= 4 is 33.3 Å². The van der Waals surface area contributed by atoms with Crippen LogP contribution in [-0.4, -0.2) is 55.7 Å². The number of nitrogens with zero attached hydrogens (tertiary/aromatic N) is 3. The van der Waals surface area contributed by atoms with Crippen LogP contribution >= 0.6 is 0 Å². The predicted octanol–water partition coefficient (Wildman–Crippen LogP) is 2.70. The number of primary amides is 1. The van der Waals surface area contributed by atoms with E-state index in [1.54, 1.807) is 22.6 Å². The third-order valence-electron chi connectivity index (χ3n) is 6.74. The van der Waals surface area contributed by atoms with Gasteiger partial charge in [0.1, 0.15) is 5.82 Å². The second-order valence-corrected chi connectivity index (χ2v) is 11.8. The van der Waals surface area contributed by atoms with E-state index in [0.29, 0.717) is 42.7 Å². The molecule has 1 aromatic heterocycles. The van der Waals surface area contributed by atoms with Crippen LogP contribution < -0.4 is 16.0 Å². The number of benzene rings is 1. The summed E-state index contributed by atoms with van der Waals surface area (Å²) < 4.78 is 27.7. The van der Waals surface area contributed by atoms with Crippen molar-refractivity contribution in [1.29, 1.82) is 0 Å². The van der Waals surface area contributed by atoms with Crippen LogP contribution in [0, 0.1) is 17.8 Å². The average Bonchev–Trinajstić information content (AvgIpc) is 2.84. The molecule has 35 heavy (non-hydrogen) atoms. The standard InChI is InChI=1S/C25H33N5O4S/c1-17-12-18(2)15-30(14-17)35(33,34)22-8-5-19(6-9-22)25(32)28-21-7-10-23(27-13-21)29-11-3-4-20(16-29)24(26)31/h5-10,13,17-18,20H,3-4,11-12,14-16H2,1-2H3,(H2,26,31)(H,28,32). The molecule has 4 rings (SSSR count). The summed E-state index contributed by atoms with van der Waals surface area (Å²) in [5.41, 5.74) is 6.33. The van der Waals surface area contributed by atoms with Crippen LogP contribution in [0.2, 0.25) is 0 Å². The number of nitrogens with two attached hydrogens (primary N) is 1. The van der Waals surface area contributed by atoms with Gasteiger partial charge in [0, 0.05) is 31.7 Å². The molecule has 0 aliphatic carbocycles. The van der Waals surface area contributed by atoms with Crippen LogP contribution in [0.4, 0.5) is 11.5 Å². The van der Waals surface area contributed by atoms with Gasteiger partial charge in [-0.1, -0.05) is 13.8 Å². The highest BCUT2D eigenvalue weighted by Crippen LogP contribution is 2.27. The highest BCUT2D eigenvalue weighted by molar-refractivity contribution is 7.89. The fourth-order valence-corrected chi connectivity index (χ4v) is 6.68. The van der Waals surface area contributed by atoms with Crippen molar-refractivity contribution in [1.82, 2.24) is 9.29 Å². The zero-order valence-corrected chi connectivity index (χ0v) is 21.0. The molecule has 3 unspecified atom stereocenters. The van der Waals surface area contributed by atoms with E-state index in [0.717, 1.165) is 31.6 Å². The molecule has 2 saturated heterocycles. The number of aromatic nitrogens is 1. The van der Waals surface area contributed by atoms with Crippen LogP contribution in [0.15, 0.2) is 47.5 Å². The molecule has 10 heteroatoms. The first kappa shape index (κ1) is 25.1. The van der Waals surface area contributed by atoms with Crippen molar-refractivity contribution in [2.24, 2.45) is 23.5 Å². The number of rotatable bonds is 6. The fourth-order valence-electron chi connectivity index (χ4n) is 5.00. The van der Waals surface area contributed by atoms with E-state index in [4.69, 9.17) is 5.73 Å². The lowest BCUT2D eigenvalue weighted by molar-refractivity contribution is -0.122. The Hall–Kier alpha value is -2.98. The molecule has 0 spiro atoms. The van der Waals surface area contributed by atoms with Gasteiger partial charge in [0.15, 0.2) is 0 Å². The third-order valence-corrected chi connectivity index (χ3v) is 8.59. The number of hydrogen-bond donors (Lipinski definition) is 2. The van der Waals surface area contributed by atoms with Crippen LogP contribution in [-0.2, 0) is 14.8 Å². The summed E-state index contributed by atoms with van der Waals surface area (Å²) in [6.45, 7) is 6.50. The van der Waals surface area contributed by atoms with Gasteiger partial charge in [-0.15, -0.1) is 0 Å². The molecule has 3 atom stereocenters. The SMILES string of the molecule is CC1CC(C)CN(S(=O)(=O)c2ccc(C(=O)Nc3ccc(N4CCCC(C(N)=O)C4)nc3)cc2)C1. The van der Waals surface area contributed by atoms with Gasteiger partial charge in [0.25, 0.3) is 5.91 Å². The van der Waals surface area contributed by atoms with Gasteiger partial charge in [-0.05, 0) is 67.5 Å². The maximum Gasteiger partial charge on any atom is 0.255 e. The van der Waals surface area contributed by atoms with Crippen LogP contribution in [0.3, 0.4) is 0 Å². The minimum absolute atomic E-state index is 0.182. The molecule has 0 radical (unpaired) electrons. The molecule has 1 aromatic carbocycles. The Balaban J connectivity index is 1.39. The molecule has 0 bridgehead atoms. The molecule has 2 aliphatic heterocycles. The molecule has 3 heterocycles. The second kappa shape index (κ2) is 10.3. The van der Waals surface area contributed by atoms with Gasteiger partial charge in [-0.25, -0.2) is 13.4 Å². The molecule has 3 N–H and O–H groups in total. The van der Waals surface area contributed by atoms with Gasteiger partial charge in [0.2, 0.25) is 15.9 Å². The van der Waals surface area contributed by atoms with Gasteiger partial charge in [-0.2, -0.15) is 4.31 Å². The topological polar surface area (TPSA) is 126 Å². The number of sulfonamides is 1. The van der Waals surface area contributed by atoms with E-state index in [1.165, 1.54) is 24.3 Å². The summed E-state index contributed by atoms with van der Waals surface area (Å²) in [5.74, 6) is 0.535. The Labute approximate surface area is 206 Å².